The Morgan fingerprint density at radius 2 is 1.66 bits per heavy atom. The number of alkyl halides is 6. The first-order chi connectivity index (χ1) is 17.3. The second-order valence-corrected chi connectivity index (χ2v) is 12.7. The first-order valence-corrected chi connectivity index (χ1v) is 14.2. The molecular formula is C20H13F6I2O9S-. The minimum absolute atomic E-state index is 0.0476. The van der Waals surface area contributed by atoms with Gasteiger partial charge in [-0.3, -0.25) is 9.59 Å². The van der Waals surface area contributed by atoms with E-state index in [4.69, 9.17) is 9.47 Å². The van der Waals surface area contributed by atoms with Gasteiger partial charge >= 0.3 is 35.9 Å². The lowest BCUT2D eigenvalue weighted by Gasteiger charge is -2.39. The van der Waals surface area contributed by atoms with Crippen LogP contribution in [-0.4, -0.2) is 66.8 Å². The van der Waals surface area contributed by atoms with Crippen LogP contribution in [0.2, 0.25) is 0 Å². The Kier molecular flexibility index (Phi) is 7.47. The molecular weight excluding hydrogens is 784 g/mol. The molecule has 210 valence electrons. The number of ether oxygens (including phenoxy) is 3. The Balaban J connectivity index is 1.66. The molecule has 1 heterocycles. The quantitative estimate of drug-likeness (QED) is 0.140. The Labute approximate surface area is 236 Å². The van der Waals surface area contributed by atoms with Crippen molar-refractivity contribution in [3.05, 3.63) is 30.9 Å². The molecule has 0 radical (unpaired) electrons. The van der Waals surface area contributed by atoms with E-state index < -0.39 is 87.6 Å². The molecule has 0 spiro atoms. The Bertz CT molecular complexity index is 1280. The van der Waals surface area contributed by atoms with Gasteiger partial charge in [0.1, 0.15) is 12.2 Å². The monoisotopic (exact) mass is 797 g/mol. The molecule has 1 saturated heterocycles. The topological polar surface area (TPSA) is 136 Å². The van der Waals surface area contributed by atoms with E-state index in [0.29, 0.717) is 3.57 Å². The molecule has 3 fully saturated rings. The maximum absolute atomic E-state index is 13.6. The van der Waals surface area contributed by atoms with Gasteiger partial charge in [0, 0.05) is 19.0 Å². The molecule has 1 aromatic rings. The van der Waals surface area contributed by atoms with Crippen molar-refractivity contribution in [2.75, 3.05) is 5.75 Å². The zero-order valence-corrected chi connectivity index (χ0v) is 23.3. The lowest BCUT2D eigenvalue weighted by Crippen LogP contribution is -2.64. The molecule has 0 amide bonds. The maximum atomic E-state index is 13.6. The highest BCUT2D eigenvalue weighted by Crippen LogP contribution is 2.60. The van der Waals surface area contributed by atoms with Gasteiger partial charge < -0.3 is 18.8 Å². The highest BCUT2D eigenvalue weighted by molar-refractivity contribution is 14.1. The fraction of sp³-hybridized carbons (Fsp3) is 0.550. The summed E-state index contributed by atoms with van der Waals surface area (Å²) in [6, 6.07) is 4.44. The zero-order valence-electron chi connectivity index (χ0n) is 18.2. The van der Waals surface area contributed by atoms with E-state index in [-0.39, 0.29) is 12.0 Å². The Hall–Kier alpha value is -1.42. The lowest BCUT2D eigenvalue weighted by molar-refractivity contribution is -0.362. The molecule has 1 aliphatic heterocycles. The summed E-state index contributed by atoms with van der Waals surface area (Å²) >= 11 is 3.94. The molecule has 2 aliphatic carbocycles. The van der Waals surface area contributed by atoms with Crippen LogP contribution in [0.25, 0.3) is 0 Å². The summed E-state index contributed by atoms with van der Waals surface area (Å²) in [5.74, 6) is -13.1. The number of carbonyl (C=O) groups excluding carboxylic acids is 3. The number of carbonyl (C=O) groups is 3. The van der Waals surface area contributed by atoms with Gasteiger partial charge in [0.25, 0.3) is 0 Å². The minimum atomic E-state index is -6.57. The molecule has 6 unspecified atom stereocenters. The van der Waals surface area contributed by atoms with Crippen molar-refractivity contribution in [1.29, 1.82) is 0 Å². The minimum Gasteiger partial charge on any atom is -0.748 e. The second-order valence-electron chi connectivity index (χ2n) is 8.96. The van der Waals surface area contributed by atoms with Crippen molar-refractivity contribution < 1.29 is 67.9 Å². The molecule has 2 saturated carbocycles. The summed E-state index contributed by atoms with van der Waals surface area (Å²) < 4.78 is 131. The van der Waals surface area contributed by atoms with E-state index in [9.17, 15) is 53.7 Å². The van der Waals surface area contributed by atoms with E-state index in [1.807, 2.05) is 45.2 Å². The van der Waals surface area contributed by atoms with Crippen LogP contribution in [0.15, 0.2) is 18.2 Å². The fourth-order valence-corrected chi connectivity index (χ4v) is 6.98. The summed E-state index contributed by atoms with van der Waals surface area (Å²) in [6.45, 7) is 0. The number of hydrogen-bond donors (Lipinski definition) is 0. The van der Waals surface area contributed by atoms with Crippen molar-refractivity contribution in [1.82, 2.24) is 0 Å². The molecule has 1 aromatic carbocycles. The van der Waals surface area contributed by atoms with Crippen molar-refractivity contribution in [2.45, 2.75) is 36.6 Å². The van der Waals surface area contributed by atoms with Gasteiger partial charge in [-0.2, -0.15) is 26.3 Å². The Morgan fingerprint density at radius 1 is 1.05 bits per heavy atom. The molecule has 18 heteroatoms. The molecule has 0 N–H and O–H groups in total. The van der Waals surface area contributed by atoms with Gasteiger partial charge in [-0.25, -0.2) is 13.2 Å². The van der Waals surface area contributed by atoms with Crippen LogP contribution in [-0.2, 0) is 33.9 Å². The summed E-state index contributed by atoms with van der Waals surface area (Å²) in [7, 11) is -6.24. The molecule has 6 atom stereocenters. The SMILES string of the molecule is O=C(OC1C2CC3C1OC(=O)C3C2C(=O)OC(CS(=O)(=O)[O-])(C(F)(F)F)C(F)(F)F)c1ccc(I)c(I)c1. The smallest absolute Gasteiger partial charge is 0.438 e. The number of fused-ring (bicyclic) bond motifs is 1. The molecule has 38 heavy (non-hydrogen) atoms. The normalized spacial score (nSPS) is 28.8. The van der Waals surface area contributed by atoms with E-state index in [0.717, 1.165) is 3.57 Å². The van der Waals surface area contributed by atoms with Gasteiger partial charge in [-0.05, 0) is 69.8 Å². The average Bonchev–Trinajstić information content (AvgIpc) is 3.36. The van der Waals surface area contributed by atoms with E-state index in [2.05, 4.69) is 4.74 Å². The van der Waals surface area contributed by atoms with Crippen LogP contribution in [0, 0.1) is 30.8 Å². The van der Waals surface area contributed by atoms with Crippen molar-refractivity contribution in [3.63, 3.8) is 0 Å². The standard InChI is InChI=1S/C20H14F6I2O9S/c21-19(22,23)18(20(24,25)26,5-38(32,33)34)37-17(31)12-8-4-7-11(12)16(30)36-14(7)13(8)35-15(29)6-1-2-9(27)10(28)3-6/h1-3,7-8,11-14H,4-5H2,(H,32,33,34)/p-1. The third-order valence-electron chi connectivity index (χ3n) is 6.79. The van der Waals surface area contributed by atoms with E-state index in [1.165, 1.54) is 12.1 Å². The van der Waals surface area contributed by atoms with Gasteiger partial charge in [-0.1, -0.05) is 0 Å². The van der Waals surface area contributed by atoms with Crippen LogP contribution < -0.4 is 0 Å². The molecule has 0 aromatic heterocycles. The van der Waals surface area contributed by atoms with Gasteiger partial charge in [0.2, 0.25) is 0 Å². The number of benzene rings is 1. The van der Waals surface area contributed by atoms with Gasteiger partial charge in [0.15, 0.2) is 0 Å². The molecule has 3 aliphatic rings. The summed E-state index contributed by atoms with van der Waals surface area (Å²) in [4.78, 5) is 38.0. The van der Waals surface area contributed by atoms with Crippen molar-refractivity contribution in [3.8, 4) is 0 Å². The maximum Gasteiger partial charge on any atom is 0.438 e. The molecule has 4 rings (SSSR count). The first-order valence-electron chi connectivity index (χ1n) is 10.4. The highest BCUT2D eigenvalue weighted by Gasteiger charge is 2.77. The lowest BCUT2D eigenvalue weighted by atomic mass is 9.78. The van der Waals surface area contributed by atoms with E-state index in [1.54, 1.807) is 6.07 Å². The summed E-state index contributed by atoms with van der Waals surface area (Å²) in [5, 5.41) is 0. The number of hydrogen-bond acceptors (Lipinski definition) is 9. The third-order valence-corrected chi connectivity index (χ3v) is 10.4. The van der Waals surface area contributed by atoms with Crippen molar-refractivity contribution in [2.24, 2.45) is 23.7 Å². The summed E-state index contributed by atoms with van der Waals surface area (Å²) in [5.41, 5.74) is -5.64. The number of halogens is 8. The van der Waals surface area contributed by atoms with Crippen molar-refractivity contribution >= 4 is 73.2 Å². The van der Waals surface area contributed by atoms with E-state index >= 15 is 0 Å². The first kappa shape index (κ1) is 29.6. The number of esters is 3. The Morgan fingerprint density at radius 3 is 2.18 bits per heavy atom. The van der Waals surface area contributed by atoms with Crippen LogP contribution in [0.4, 0.5) is 26.3 Å². The average molecular weight is 797 g/mol. The van der Waals surface area contributed by atoms with Crippen LogP contribution >= 0.6 is 45.2 Å². The predicted molar refractivity (Wildman–Crippen MR) is 125 cm³/mol. The zero-order chi connectivity index (χ0) is 28.6. The molecule has 9 nitrogen and oxygen atoms in total. The largest absolute Gasteiger partial charge is 0.748 e. The van der Waals surface area contributed by atoms with Gasteiger partial charge in [0.05, 0.1) is 33.3 Å². The summed E-state index contributed by atoms with van der Waals surface area (Å²) in [6.07, 6.45) is -15.8. The fourth-order valence-electron chi connectivity index (χ4n) is 5.24. The van der Waals surface area contributed by atoms with Crippen LogP contribution in [0.5, 0.6) is 0 Å². The highest BCUT2D eigenvalue weighted by atomic mass is 127. The molecule has 2 bridgehead atoms. The second kappa shape index (κ2) is 9.60. The van der Waals surface area contributed by atoms with Crippen LogP contribution in [0.3, 0.4) is 0 Å². The number of rotatable bonds is 6. The predicted octanol–water partition coefficient (Wildman–Crippen LogP) is 3.18. The third kappa shape index (κ3) is 4.97. The van der Waals surface area contributed by atoms with Crippen LogP contribution in [0.1, 0.15) is 16.8 Å². The van der Waals surface area contributed by atoms with Gasteiger partial charge in [-0.15, -0.1) is 0 Å².